The third-order valence-electron chi connectivity index (χ3n) is 5.24. The topological polar surface area (TPSA) is 112 Å². The van der Waals surface area contributed by atoms with Gasteiger partial charge in [0.25, 0.3) is 5.56 Å². The van der Waals surface area contributed by atoms with Crippen molar-refractivity contribution in [3.05, 3.63) is 72.8 Å². The Balaban J connectivity index is 1.60. The summed E-state index contributed by atoms with van der Waals surface area (Å²) in [7, 11) is 2.95. The molecule has 4 aromatic heterocycles. The van der Waals surface area contributed by atoms with E-state index in [1.165, 1.54) is 30.0 Å². The number of nitrogens with zero attached hydrogens (tertiary/aromatic N) is 5. The second-order valence-electron chi connectivity index (χ2n) is 7.09. The van der Waals surface area contributed by atoms with Gasteiger partial charge in [-0.3, -0.25) is 13.9 Å². The number of rotatable bonds is 4. The highest BCUT2D eigenvalue weighted by molar-refractivity contribution is 7.14. The fraction of sp³-hybridized carbons (Fsp3) is 0.200. The second-order valence-corrected chi connectivity index (χ2v) is 8.87. The minimum Gasteiger partial charge on any atom is -0.467 e. The molecule has 158 valence electrons. The quantitative estimate of drug-likeness (QED) is 0.508. The zero-order valence-corrected chi connectivity index (χ0v) is 18.3. The maximum absolute atomic E-state index is 12.7. The highest BCUT2D eigenvalue weighted by atomic mass is 32.1. The van der Waals surface area contributed by atoms with E-state index in [1.807, 2.05) is 34.7 Å². The normalized spacial score (nSPS) is 16.1. The Bertz CT molecular complexity index is 1400. The molecule has 0 amide bonds. The summed E-state index contributed by atoms with van der Waals surface area (Å²) < 4.78 is 7.93. The number of thiazole rings is 1. The van der Waals surface area contributed by atoms with Crippen molar-refractivity contribution in [3.8, 4) is 11.3 Å². The Hall–Kier alpha value is -3.44. The van der Waals surface area contributed by atoms with E-state index >= 15 is 0 Å². The molecule has 1 aliphatic rings. The van der Waals surface area contributed by atoms with Crippen LogP contribution in [-0.4, -0.2) is 19.8 Å². The van der Waals surface area contributed by atoms with Gasteiger partial charge in [0.2, 0.25) is 5.13 Å². The predicted molar refractivity (Wildman–Crippen MR) is 122 cm³/mol. The molecule has 11 heteroatoms. The number of aromatic nitrogens is 3. The van der Waals surface area contributed by atoms with Crippen LogP contribution >= 0.6 is 22.7 Å². The van der Waals surface area contributed by atoms with Crippen LogP contribution in [0.5, 0.6) is 0 Å². The van der Waals surface area contributed by atoms with Crippen molar-refractivity contribution in [2.45, 2.75) is 12.5 Å². The average molecular weight is 455 g/mol. The summed E-state index contributed by atoms with van der Waals surface area (Å²) in [6.07, 6.45) is 2.31. The van der Waals surface area contributed by atoms with Gasteiger partial charge in [0.1, 0.15) is 23.2 Å². The van der Waals surface area contributed by atoms with Crippen LogP contribution in [0.4, 0.5) is 10.9 Å². The first-order valence-corrected chi connectivity index (χ1v) is 11.2. The highest BCUT2D eigenvalue weighted by Gasteiger charge is 2.34. The number of hydrazone groups is 1. The largest absolute Gasteiger partial charge is 0.467 e. The summed E-state index contributed by atoms with van der Waals surface area (Å²) in [6, 6.07) is 7.64. The molecule has 0 saturated heterocycles. The fourth-order valence-electron chi connectivity index (χ4n) is 3.57. The first kappa shape index (κ1) is 19.5. The van der Waals surface area contributed by atoms with E-state index in [0.29, 0.717) is 17.2 Å². The molecule has 0 radical (unpaired) electrons. The number of hydrogen-bond donors (Lipinski definition) is 1. The van der Waals surface area contributed by atoms with Crippen LogP contribution in [-0.2, 0) is 14.1 Å². The van der Waals surface area contributed by atoms with Gasteiger partial charge in [-0.1, -0.05) is 6.07 Å². The number of hydrogen-bond acceptors (Lipinski definition) is 9. The second kappa shape index (κ2) is 7.36. The minimum atomic E-state index is -0.482. The molecular formula is C20H18N6O3S2. The fourth-order valence-corrected chi connectivity index (χ4v) is 5.10. The lowest BCUT2D eigenvalue weighted by molar-refractivity contribution is 0.465. The zero-order chi connectivity index (χ0) is 21.7. The third kappa shape index (κ3) is 3.13. The summed E-state index contributed by atoms with van der Waals surface area (Å²) >= 11 is 2.98. The monoisotopic (exact) mass is 454 g/mol. The van der Waals surface area contributed by atoms with Gasteiger partial charge in [-0.2, -0.15) is 5.10 Å². The van der Waals surface area contributed by atoms with Gasteiger partial charge in [0.15, 0.2) is 0 Å². The molecule has 0 bridgehead atoms. The van der Waals surface area contributed by atoms with Crippen LogP contribution in [0.3, 0.4) is 0 Å². The van der Waals surface area contributed by atoms with Crippen molar-refractivity contribution >= 4 is 39.3 Å². The van der Waals surface area contributed by atoms with Gasteiger partial charge < -0.3 is 10.2 Å². The summed E-state index contributed by atoms with van der Waals surface area (Å²) in [4.78, 5) is 30.6. The van der Waals surface area contributed by atoms with Gasteiger partial charge in [-0.25, -0.2) is 14.8 Å². The summed E-state index contributed by atoms with van der Waals surface area (Å²) in [6.45, 7) is 0. The molecule has 31 heavy (non-hydrogen) atoms. The smallest absolute Gasteiger partial charge is 0.332 e. The maximum Gasteiger partial charge on any atom is 0.332 e. The average Bonchev–Trinajstić information content (AvgIpc) is 3.55. The lowest BCUT2D eigenvalue weighted by Gasteiger charge is -2.18. The lowest BCUT2D eigenvalue weighted by atomic mass is 10.1. The lowest BCUT2D eigenvalue weighted by Crippen LogP contribution is -2.39. The van der Waals surface area contributed by atoms with Gasteiger partial charge in [0, 0.05) is 25.9 Å². The minimum absolute atomic E-state index is 0.0803. The Morgan fingerprint density at radius 1 is 1.16 bits per heavy atom. The number of furan rings is 1. The molecule has 0 spiro atoms. The van der Waals surface area contributed by atoms with Crippen LogP contribution in [0.2, 0.25) is 0 Å². The molecule has 4 aromatic rings. The molecule has 1 unspecified atom stereocenters. The first-order chi connectivity index (χ1) is 15.0. The molecule has 1 aliphatic heterocycles. The predicted octanol–water partition coefficient (Wildman–Crippen LogP) is 2.80. The number of thiophene rings is 1. The van der Waals surface area contributed by atoms with Crippen LogP contribution < -0.4 is 22.0 Å². The van der Waals surface area contributed by atoms with E-state index in [2.05, 4.69) is 4.98 Å². The van der Waals surface area contributed by atoms with Crippen LogP contribution in [0, 0.1) is 0 Å². The van der Waals surface area contributed by atoms with Crippen LogP contribution in [0.15, 0.2) is 60.4 Å². The molecule has 0 aromatic carbocycles. The van der Waals surface area contributed by atoms with Gasteiger partial charge in [0.05, 0.1) is 22.5 Å². The van der Waals surface area contributed by atoms with Crippen molar-refractivity contribution in [2.75, 3.05) is 10.7 Å². The zero-order valence-electron chi connectivity index (χ0n) is 16.7. The SMILES string of the molecule is Cn1c(N)c(-c2csc(N3N=C(c4cccs4)CC3c3ccco3)n2)c(=O)n(C)c1=O. The van der Waals surface area contributed by atoms with Crippen molar-refractivity contribution in [1.29, 1.82) is 0 Å². The van der Waals surface area contributed by atoms with Crippen LogP contribution in [0.25, 0.3) is 11.3 Å². The van der Waals surface area contributed by atoms with Gasteiger partial charge >= 0.3 is 5.69 Å². The summed E-state index contributed by atoms with van der Waals surface area (Å²) in [5.74, 6) is 0.862. The Morgan fingerprint density at radius 2 is 2.00 bits per heavy atom. The van der Waals surface area contributed by atoms with E-state index < -0.39 is 11.2 Å². The Labute approximate surface area is 184 Å². The Kier molecular flexibility index (Phi) is 4.63. The summed E-state index contributed by atoms with van der Waals surface area (Å²) in [5.41, 5.74) is 6.69. The molecule has 5 heterocycles. The molecule has 2 N–H and O–H groups in total. The third-order valence-corrected chi connectivity index (χ3v) is 6.99. The van der Waals surface area contributed by atoms with E-state index in [4.69, 9.17) is 15.3 Å². The van der Waals surface area contributed by atoms with Crippen molar-refractivity contribution < 1.29 is 4.42 Å². The van der Waals surface area contributed by atoms with E-state index in [1.54, 1.807) is 23.0 Å². The van der Waals surface area contributed by atoms with Gasteiger partial charge in [-0.15, -0.1) is 22.7 Å². The van der Waals surface area contributed by atoms with Crippen LogP contribution in [0.1, 0.15) is 23.1 Å². The summed E-state index contributed by atoms with van der Waals surface area (Å²) in [5, 5.41) is 11.0. The number of nitrogens with two attached hydrogens (primary N) is 1. The highest BCUT2D eigenvalue weighted by Crippen LogP contribution is 2.40. The first-order valence-electron chi connectivity index (χ1n) is 9.41. The van der Waals surface area contributed by atoms with Crippen molar-refractivity contribution in [3.63, 3.8) is 0 Å². The molecule has 0 saturated carbocycles. The van der Waals surface area contributed by atoms with E-state index in [0.717, 1.165) is 20.9 Å². The van der Waals surface area contributed by atoms with Crippen molar-refractivity contribution in [2.24, 2.45) is 19.2 Å². The molecule has 1 atom stereocenters. The molecule has 0 fully saturated rings. The van der Waals surface area contributed by atoms with Crippen molar-refractivity contribution in [1.82, 2.24) is 14.1 Å². The Morgan fingerprint density at radius 3 is 2.71 bits per heavy atom. The van der Waals surface area contributed by atoms with E-state index in [-0.39, 0.29) is 17.4 Å². The number of nitrogen functional groups attached to an aromatic ring is 1. The number of anilines is 2. The molecular weight excluding hydrogens is 436 g/mol. The standard InChI is InChI=1S/C20H18N6O3S2/c1-24-17(21)16(18(27)25(2)20(24)28)12-10-31-19(22-12)26-13(14-5-3-7-29-14)9-11(23-26)15-6-4-8-30-15/h3-8,10,13H,9,21H2,1-2H3. The molecule has 5 rings (SSSR count). The van der Waals surface area contributed by atoms with E-state index in [9.17, 15) is 9.59 Å². The van der Waals surface area contributed by atoms with Gasteiger partial charge in [-0.05, 0) is 23.6 Å². The molecule has 0 aliphatic carbocycles. The maximum atomic E-state index is 12.7. The molecule has 9 nitrogen and oxygen atoms in total.